The van der Waals surface area contributed by atoms with Gasteiger partial charge in [0.1, 0.15) is 11.5 Å². The van der Waals surface area contributed by atoms with Crippen molar-refractivity contribution in [2.45, 2.75) is 38.5 Å². The summed E-state index contributed by atoms with van der Waals surface area (Å²) in [5.74, 6) is 1.97. The standard InChI is InChI=1S/C17H20N4/c1-2-8-14-13(7-1)17(21-11-5-6-12-21)20-16(19-14)15-9-3-4-10-18-15/h3-4,9-10H,1-2,5-8,11-12H2. The van der Waals surface area contributed by atoms with Crippen LogP contribution in [0, 0.1) is 0 Å². The van der Waals surface area contributed by atoms with Crippen LogP contribution in [-0.2, 0) is 12.8 Å². The molecule has 1 fully saturated rings. The maximum Gasteiger partial charge on any atom is 0.180 e. The van der Waals surface area contributed by atoms with E-state index in [2.05, 4.69) is 9.88 Å². The molecule has 1 aliphatic carbocycles. The molecule has 0 amide bonds. The summed E-state index contributed by atoms with van der Waals surface area (Å²) >= 11 is 0. The molecule has 2 aliphatic rings. The van der Waals surface area contributed by atoms with Crippen molar-refractivity contribution in [2.75, 3.05) is 18.0 Å². The van der Waals surface area contributed by atoms with E-state index in [1.54, 1.807) is 0 Å². The van der Waals surface area contributed by atoms with Gasteiger partial charge in [-0.1, -0.05) is 6.07 Å². The van der Waals surface area contributed by atoms with Gasteiger partial charge in [-0.05, 0) is 50.7 Å². The molecule has 2 aromatic rings. The third-order valence-electron chi connectivity index (χ3n) is 4.46. The number of rotatable bonds is 2. The van der Waals surface area contributed by atoms with Gasteiger partial charge in [0.25, 0.3) is 0 Å². The summed E-state index contributed by atoms with van der Waals surface area (Å²) in [7, 11) is 0. The topological polar surface area (TPSA) is 41.9 Å². The maximum atomic E-state index is 4.89. The fraction of sp³-hybridized carbons (Fsp3) is 0.471. The Bertz CT molecular complexity index is 633. The molecule has 4 heteroatoms. The van der Waals surface area contributed by atoms with Gasteiger partial charge in [-0.15, -0.1) is 0 Å². The molecule has 0 radical (unpaired) electrons. The molecule has 1 aliphatic heterocycles. The van der Waals surface area contributed by atoms with Gasteiger partial charge in [-0.3, -0.25) is 4.98 Å². The van der Waals surface area contributed by atoms with Crippen LogP contribution >= 0.6 is 0 Å². The van der Waals surface area contributed by atoms with Crippen molar-refractivity contribution in [3.63, 3.8) is 0 Å². The third-order valence-corrected chi connectivity index (χ3v) is 4.46. The summed E-state index contributed by atoms with van der Waals surface area (Å²) < 4.78 is 0. The Labute approximate surface area is 125 Å². The Kier molecular flexibility index (Phi) is 3.30. The monoisotopic (exact) mass is 280 g/mol. The number of aryl methyl sites for hydroxylation is 1. The molecule has 4 nitrogen and oxygen atoms in total. The zero-order chi connectivity index (χ0) is 14.1. The highest BCUT2D eigenvalue weighted by Gasteiger charge is 2.24. The lowest BCUT2D eigenvalue weighted by molar-refractivity contribution is 0.659. The lowest BCUT2D eigenvalue weighted by Crippen LogP contribution is -2.23. The average Bonchev–Trinajstić information content (AvgIpc) is 3.09. The van der Waals surface area contributed by atoms with Crippen LogP contribution in [0.3, 0.4) is 0 Å². The number of nitrogens with zero attached hydrogens (tertiary/aromatic N) is 4. The molecular weight excluding hydrogens is 260 g/mol. The zero-order valence-electron chi connectivity index (χ0n) is 12.3. The van der Waals surface area contributed by atoms with Crippen LogP contribution in [0.25, 0.3) is 11.5 Å². The minimum atomic E-state index is 0.790. The molecule has 4 rings (SSSR count). The van der Waals surface area contributed by atoms with E-state index in [-0.39, 0.29) is 0 Å². The number of hydrogen-bond donors (Lipinski definition) is 0. The molecule has 1 saturated heterocycles. The van der Waals surface area contributed by atoms with Crippen molar-refractivity contribution in [3.05, 3.63) is 35.7 Å². The largest absolute Gasteiger partial charge is 0.356 e. The molecule has 0 spiro atoms. The SMILES string of the molecule is c1ccc(-c2nc3c(c(N4CCCC4)n2)CCCC3)nc1. The highest BCUT2D eigenvalue weighted by atomic mass is 15.2. The number of fused-ring (bicyclic) bond motifs is 1. The quantitative estimate of drug-likeness (QED) is 0.848. The van der Waals surface area contributed by atoms with E-state index in [1.807, 2.05) is 24.4 Å². The average molecular weight is 280 g/mol. The molecule has 0 unspecified atom stereocenters. The number of aromatic nitrogens is 3. The molecule has 108 valence electrons. The van der Waals surface area contributed by atoms with Crippen molar-refractivity contribution in [1.82, 2.24) is 15.0 Å². The highest BCUT2D eigenvalue weighted by Crippen LogP contribution is 2.31. The fourth-order valence-electron chi connectivity index (χ4n) is 3.37. The number of hydrogen-bond acceptors (Lipinski definition) is 4. The van der Waals surface area contributed by atoms with E-state index in [4.69, 9.17) is 9.97 Å². The van der Waals surface area contributed by atoms with Crippen LogP contribution in [0.2, 0.25) is 0 Å². The molecule has 0 bridgehead atoms. The van der Waals surface area contributed by atoms with Gasteiger partial charge in [0.15, 0.2) is 5.82 Å². The summed E-state index contributed by atoms with van der Waals surface area (Å²) in [6, 6.07) is 5.93. The Morgan fingerprint density at radius 1 is 0.905 bits per heavy atom. The second-order valence-electron chi connectivity index (χ2n) is 5.91. The van der Waals surface area contributed by atoms with Gasteiger partial charge in [0.2, 0.25) is 0 Å². The lowest BCUT2D eigenvalue weighted by atomic mass is 9.96. The Hall–Kier alpha value is -1.97. The van der Waals surface area contributed by atoms with E-state index in [0.29, 0.717) is 0 Å². The van der Waals surface area contributed by atoms with Crippen molar-refractivity contribution < 1.29 is 0 Å². The van der Waals surface area contributed by atoms with Crippen LogP contribution < -0.4 is 4.90 Å². The van der Waals surface area contributed by atoms with Crippen LogP contribution in [0.5, 0.6) is 0 Å². The molecular formula is C17H20N4. The molecule has 0 aromatic carbocycles. The van der Waals surface area contributed by atoms with E-state index in [0.717, 1.165) is 37.4 Å². The summed E-state index contributed by atoms with van der Waals surface area (Å²) in [6.45, 7) is 2.26. The van der Waals surface area contributed by atoms with Gasteiger partial charge in [-0.2, -0.15) is 0 Å². The fourth-order valence-corrected chi connectivity index (χ4v) is 3.37. The third kappa shape index (κ3) is 2.39. The first-order chi connectivity index (χ1) is 10.4. The van der Waals surface area contributed by atoms with Crippen molar-refractivity contribution in [3.8, 4) is 11.5 Å². The van der Waals surface area contributed by atoms with E-state index < -0.39 is 0 Å². The predicted octanol–water partition coefficient (Wildman–Crippen LogP) is 3.02. The molecule has 2 aromatic heterocycles. The lowest BCUT2D eigenvalue weighted by Gasteiger charge is -2.25. The van der Waals surface area contributed by atoms with Crippen molar-refractivity contribution >= 4 is 5.82 Å². The first-order valence-corrected chi connectivity index (χ1v) is 7.98. The van der Waals surface area contributed by atoms with Gasteiger partial charge in [-0.25, -0.2) is 9.97 Å². The van der Waals surface area contributed by atoms with Gasteiger partial charge >= 0.3 is 0 Å². The first-order valence-electron chi connectivity index (χ1n) is 7.98. The molecule has 0 atom stereocenters. The van der Waals surface area contributed by atoms with Crippen LogP contribution in [-0.4, -0.2) is 28.0 Å². The smallest absolute Gasteiger partial charge is 0.180 e. The second-order valence-corrected chi connectivity index (χ2v) is 5.91. The van der Waals surface area contributed by atoms with Crippen LogP contribution in [0.4, 0.5) is 5.82 Å². The summed E-state index contributed by atoms with van der Waals surface area (Å²) in [6.07, 6.45) is 9.08. The summed E-state index contributed by atoms with van der Waals surface area (Å²) in [5, 5.41) is 0. The van der Waals surface area contributed by atoms with E-state index >= 15 is 0 Å². The van der Waals surface area contributed by atoms with Crippen molar-refractivity contribution in [2.24, 2.45) is 0 Å². The maximum absolute atomic E-state index is 4.89. The Morgan fingerprint density at radius 2 is 1.76 bits per heavy atom. The molecule has 3 heterocycles. The highest BCUT2D eigenvalue weighted by molar-refractivity contribution is 5.58. The number of anilines is 1. The van der Waals surface area contributed by atoms with Gasteiger partial charge in [0.05, 0.1) is 0 Å². The Morgan fingerprint density at radius 3 is 2.57 bits per heavy atom. The van der Waals surface area contributed by atoms with Crippen LogP contribution in [0.15, 0.2) is 24.4 Å². The van der Waals surface area contributed by atoms with Gasteiger partial charge in [0, 0.05) is 30.5 Å². The molecule has 0 saturated carbocycles. The van der Waals surface area contributed by atoms with E-state index in [9.17, 15) is 0 Å². The van der Waals surface area contributed by atoms with Crippen molar-refractivity contribution in [1.29, 1.82) is 0 Å². The molecule has 21 heavy (non-hydrogen) atoms. The predicted molar refractivity (Wildman–Crippen MR) is 83.4 cm³/mol. The summed E-state index contributed by atoms with van der Waals surface area (Å²) in [4.78, 5) is 16.6. The van der Waals surface area contributed by atoms with Gasteiger partial charge < -0.3 is 4.90 Å². The Balaban J connectivity index is 1.83. The number of pyridine rings is 1. The normalized spacial score (nSPS) is 17.8. The van der Waals surface area contributed by atoms with E-state index in [1.165, 1.54) is 42.8 Å². The first kappa shape index (κ1) is 12.7. The minimum absolute atomic E-state index is 0.790. The second kappa shape index (κ2) is 5.43. The molecule has 0 N–H and O–H groups in total. The zero-order valence-corrected chi connectivity index (χ0v) is 12.3. The summed E-state index contributed by atoms with van der Waals surface area (Å²) in [5.41, 5.74) is 3.52. The van der Waals surface area contributed by atoms with Crippen LogP contribution in [0.1, 0.15) is 36.9 Å². The minimum Gasteiger partial charge on any atom is -0.356 e.